The molecule has 3 N–H and O–H groups in total. The van der Waals surface area contributed by atoms with Crippen LogP contribution in [0.15, 0.2) is 28.7 Å². The number of benzene rings is 1. The van der Waals surface area contributed by atoms with Crippen molar-refractivity contribution in [3.8, 4) is 23.0 Å². The van der Waals surface area contributed by atoms with Gasteiger partial charge in [-0.25, -0.2) is 32.3 Å². The minimum Gasteiger partial charge on any atom is -0.415 e. The molecular formula is C26H31F2N7O4S. The van der Waals surface area contributed by atoms with Crippen LogP contribution in [0.2, 0.25) is 0 Å². The minimum atomic E-state index is -4.04. The third-order valence-electron chi connectivity index (χ3n) is 8.26. The van der Waals surface area contributed by atoms with Crippen LogP contribution in [-0.4, -0.2) is 78.8 Å². The first-order valence-electron chi connectivity index (χ1n) is 13.3. The molecule has 4 heterocycles. The molecule has 3 fully saturated rings. The summed E-state index contributed by atoms with van der Waals surface area (Å²) in [6, 6.07) is 6.65. The third-order valence-corrected chi connectivity index (χ3v) is 9.47. The van der Waals surface area contributed by atoms with E-state index >= 15 is 0 Å². The number of alkyl halides is 2. The first kappa shape index (κ1) is 27.0. The highest BCUT2D eigenvalue weighted by Crippen LogP contribution is 2.54. The van der Waals surface area contributed by atoms with Gasteiger partial charge in [0.1, 0.15) is 10.9 Å². The summed E-state index contributed by atoms with van der Waals surface area (Å²) < 4.78 is 58.0. The molecule has 14 heteroatoms. The topological polar surface area (TPSA) is 152 Å². The number of aliphatic hydroxyl groups excluding tert-OH is 1. The molecule has 214 valence electrons. The Morgan fingerprint density at radius 3 is 2.35 bits per heavy atom. The van der Waals surface area contributed by atoms with E-state index in [0.29, 0.717) is 33.6 Å². The van der Waals surface area contributed by atoms with Crippen LogP contribution in [0, 0.1) is 12.3 Å². The number of anilines is 2. The largest absolute Gasteiger partial charge is 0.415 e. The van der Waals surface area contributed by atoms with E-state index in [9.17, 15) is 22.3 Å². The number of primary sulfonamides is 1. The molecule has 0 bridgehead atoms. The summed E-state index contributed by atoms with van der Waals surface area (Å²) in [5, 5.41) is 22.4. The quantitative estimate of drug-likeness (QED) is 0.430. The molecule has 2 aliphatic heterocycles. The maximum atomic E-state index is 13.8. The molecule has 3 aromatic rings. The monoisotopic (exact) mass is 575 g/mol. The Balaban J connectivity index is 1.35. The van der Waals surface area contributed by atoms with E-state index in [1.165, 1.54) is 17.7 Å². The number of aromatic nitrogens is 4. The number of halogens is 2. The van der Waals surface area contributed by atoms with E-state index in [2.05, 4.69) is 25.1 Å². The van der Waals surface area contributed by atoms with Crippen LogP contribution in [0.4, 0.5) is 20.4 Å². The Morgan fingerprint density at radius 1 is 1.05 bits per heavy atom. The average Bonchev–Trinajstić information content (AvgIpc) is 3.32. The zero-order chi connectivity index (χ0) is 28.2. The normalized spacial score (nSPS) is 23.1. The van der Waals surface area contributed by atoms with Crippen LogP contribution in [-0.2, 0) is 10.0 Å². The summed E-state index contributed by atoms with van der Waals surface area (Å²) in [5.74, 6) is 0.493. The lowest BCUT2D eigenvalue weighted by molar-refractivity contribution is 0.217. The van der Waals surface area contributed by atoms with Crippen molar-refractivity contribution < 1.29 is 26.7 Å². The summed E-state index contributed by atoms with van der Waals surface area (Å²) in [6.07, 6.45) is 1.32. The van der Waals surface area contributed by atoms with Crippen molar-refractivity contribution in [2.75, 3.05) is 42.6 Å². The van der Waals surface area contributed by atoms with E-state index in [-0.39, 0.29) is 30.8 Å². The molecule has 1 spiro atoms. The number of aliphatic hydroxyl groups is 1. The molecule has 3 atom stereocenters. The lowest BCUT2D eigenvalue weighted by Crippen LogP contribution is -2.35. The standard InChI is InChI=1S/C26H31F2N7O4S/c1-15-10-20(31-25(30-15)35-12-18(27)19(28)13-35)24-33-32-23(39-24)17-3-2-16(22(14-36)40(29,37)38)11-21(17)34-8-6-26(4-5-26)7-9-34/h2-3,10-11,18-19,22,36H,4-9,12-14H2,1H3,(H2,29,37,38)/t18-,19+,22?. The van der Waals surface area contributed by atoms with Gasteiger partial charge in [-0.2, -0.15) is 0 Å². The molecule has 0 amide bonds. The van der Waals surface area contributed by atoms with Gasteiger partial charge >= 0.3 is 0 Å². The number of aryl methyl sites for hydroxylation is 1. The van der Waals surface area contributed by atoms with Crippen LogP contribution in [0.25, 0.3) is 23.0 Å². The summed E-state index contributed by atoms with van der Waals surface area (Å²) >= 11 is 0. The van der Waals surface area contributed by atoms with Gasteiger partial charge in [-0.3, -0.25) is 0 Å². The number of rotatable bonds is 7. The Bertz CT molecular complexity index is 1510. The SMILES string of the molecule is Cc1cc(-c2nnc(-c3ccc(C(CO)S(N)(=O)=O)cc3N3CCC4(CC3)CC4)o2)nc(N2C[C@@H](F)[C@@H](F)C2)n1. The van der Waals surface area contributed by atoms with Gasteiger partial charge in [0.2, 0.25) is 21.9 Å². The molecule has 2 aromatic heterocycles. The van der Waals surface area contributed by atoms with Gasteiger partial charge in [-0.05, 0) is 61.8 Å². The van der Waals surface area contributed by atoms with Crippen molar-refractivity contribution in [2.45, 2.75) is 50.2 Å². The molecule has 1 unspecified atom stereocenters. The summed E-state index contributed by atoms with van der Waals surface area (Å²) in [6.45, 7) is 2.38. The van der Waals surface area contributed by atoms with E-state index in [0.717, 1.165) is 25.9 Å². The van der Waals surface area contributed by atoms with Gasteiger partial charge in [0.25, 0.3) is 5.89 Å². The van der Waals surface area contributed by atoms with Crippen molar-refractivity contribution in [1.29, 1.82) is 0 Å². The van der Waals surface area contributed by atoms with Crippen LogP contribution in [0.1, 0.15) is 42.2 Å². The summed E-state index contributed by atoms with van der Waals surface area (Å²) in [4.78, 5) is 12.4. The highest BCUT2D eigenvalue weighted by atomic mass is 32.2. The number of hydrogen-bond acceptors (Lipinski definition) is 10. The smallest absolute Gasteiger partial charge is 0.266 e. The fourth-order valence-corrected chi connectivity index (χ4v) is 6.35. The molecule has 6 rings (SSSR count). The van der Waals surface area contributed by atoms with Gasteiger partial charge in [-0.1, -0.05) is 6.07 Å². The van der Waals surface area contributed by atoms with Gasteiger partial charge in [-0.15, -0.1) is 10.2 Å². The fraction of sp³-hybridized carbons (Fsp3) is 0.538. The predicted molar refractivity (Wildman–Crippen MR) is 144 cm³/mol. The highest BCUT2D eigenvalue weighted by Gasteiger charge is 2.45. The van der Waals surface area contributed by atoms with Crippen molar-refractivity contribution in [3.05, 3.63) is 35.5 Å². The number of sulfonamides is 1. The number of hydrogen-bond donors (Lipinski definition) is 2. The minimum absolute atomic E-state index is 0.109. The molecule has 3 aliphatic rings. The van der Waals surface area contributed by atoms with Crippen LogP contribution in [0.5, 0.6) is 0 Å². The highest BCUT2D eigenvalue weighted by molar-refractivity contribution is 7.89. The fourth-order valence-electron chi connectivity index (χ4n) is 5.62. The lowest BCUT2D eigenvalue weighted by Gasteiger charge is -2.35. The zero-order valence-electron chi connectivity index (χ0n) is 22.0. The molecule has 1 aromatic carbocycles. The van der Waals surface area contributed by atoms with Crippen molar-refractivity contribution >= 4 is 21.7 Å². The van der Waals surface area contributed by atoms with Crippen molar-refractivity contribution in [1.82, 2.24) is 20.2 Å². The van der Waals surface area contributed by atoms with E-state index < -0.39 is 34.2 Å². The Labute approximate surface area is 230 Å². The average molecular weight is 576 g/mol. The Kier molecular flexibility index (Phi) is 6.74. The lowest BCUT2D eigenvalue weighted by atomic mass is 9.92. The van der Waals surface area contributed by atoms with Crippen LogP contribution >= 0.6 is 0 Å². The van der Waals surface area contributed by atoms with Gasteiger partial charge < -0.3 is 19.3 Å². The second kappa shape index (κ2) is 10.00. The van der Waals surface area contributed by atoms with Gasteiger partial charge in [0, 0.05) is 24.5 Å². The second-order valence-corrected chi connectivity index (χ2v) is 12.8. The maximum Gasteiger partial charge on any atom is 0.266 e. The van der Waals surface area contributed by atoms with Gasteiger partial charge in [0.15, 0.2) is 12.3 Å². The molecule has 1 saturated carbocycles. The van der Waals surface area contributed by atoms with Crippen LogP contribution in [0.3, 0.4) is 0 Å². The molecule has 2 saturated heterocycles. The van der Waals surface area contributed by atoms with Crippen molar-refractivity contribution in [2.24, 2.45) is 10.6 Å². The van der Waals surface area contributed by atoms with Gasteiger partial charge in [0.05, 0.1) is 25.3 Å². The Morgan fingerprint density at radius 2 is 1.73 bits per heavy atom. The van der Waals surface area contributed by atoms with E-state index in [4.69, 9.17) is 9.56 Å². The van der Waals surface area contributed by atoms with Crippen molar-refractivity contribution in [3.63, 3.8) is 0 Å². The molecule has 11 nitrogen and oxygen atoms in total. The first-order chi connectivity index (χ1) is 19.0. The molecular weight excluding hydrogens is 544 g/mol. The molecule has 40 heavy (non-hydrogen) atoms. The third kappa shape index (κ3) is 5.15. The number of nitrogens with zero attached hydrogens (tertiary/aromatic N) is 6. The number of piperidine rings is 1. The second-order valence-electron chi connectivity index (χ2n) is 11.1. The van der Waals surface area contributed by atoms with Crippen LogP contribution < -0.4 is 14.9 Å². The van der Waals surface area contributed by atoms with E-state index in [1.807, 2.05) is 0 Å². The molecule has 1 aliphatic carbocycles. The molecule has 0 radical (unpaired) electrons. The predicted octanol–water partition coefficient (Wildman–Crippen LogP) is 2.70. The Hall–Kier alpha value is -3.23. The maximum absolute atomic E-state index is 13.8. The zero-order valence-corrected chi connectivity index (χ0v) is 22.8. The summed E-state index contributed by atoms with van der Waals surface area (Å²) in [7, 11) is -4.04. The first-order valence-corrected chi connectivity index (χ1v) is 14.9. The van der Waals surface area contributed by atoms with E-state index in [1.54, 1.807) is 31.2 Å². The number of nitrogens with two attached hydrogens (primary N) is 1. The summed E-state index contributed by atoms with van der Waals surface area (Å²) in [5.41, 5.74) is 3.00.